The van der Waals surface area contributed by atoms with E-state index >= 15 is 0 Å². The van der Waals surface area contributed by atoms with Gasteiger partial charge >= 0.3 is 6.03 Å². The summed E-state index contributed by atoms with van der Waals surface area (Å²) in [7, 11) is 0. The summed E-state index contributed by atoms with van der Waals surface area (Å²) in [4.78, 5) is 16.0. The quantitative estimate of drug-likeness (QED) is 0.348. The largest absolute Gasteiger partial charge is 0.494 e. The van der Waals surface area contributed by atoms with Gasteiger partial charge in [-0.05, 0) is 91.3 Å². The number of hydrogen-bond acceptors (Lipinski definition) is 2. The smallest absolute Gasteiger partial charge is 0.322 e. The van der Waals surface area contributed by atoms with Crippen molar-refractivity contribution < 1.29 is 9.53 Å². The van der Waals surface area contributed by atoms with Crippen LogP contribution in [0.15, 0.2) is 85.1 Å². The van der Waals surface area contributed by atoms with Gasteiger partial charge in [0.15, 0.2) is 0 Å². The van der Waals surface area contributed by atoms with Crippen molar-refractivity contribution in [2.45, 2.75) is 45.2 Å². The number of hydrogen-bond donors (Lipinski definition) is 1. The number of nitrogens with one attached hydrogen (secondary N) is 1. The van der Waals surface area contributed by atoms with Crippen molar-refractivity contribution >= 4 is 11.7 Å². The van der Waals surface area contributed by atoms with Crippen molar-refractivity contribution in [2.24, 2.45) is 0 Å². The third-order valence-electron chi connectivity index (χ3n) is 7.37. The highest BCUT2D eigenvalue weighted by atomic mass is 16.5. The van der Waals surface area contributed by atoms with Gasteiger partial charge in [-0.3, -0.25) is 0 Å². The zero-order chi connectivity index (χ0) is 24.5. The molecule has 0 spiro atoms. The first-order chi connectivity index (χ1) is 17.7. The molecule has 2 heterocycles. The Balaban J connectivity index is 1.43. The van der Waals surface area contributed by atoms with Crippen LogP contribution in [0.5, 0.6) is 5.75 Å². The fraction of sp³-hybridized carbons (Fsp3) is 0.258. The van der Waals surface area contributed by atoms with Crippen LogP contribution >= 0.6 is 0 Å². The standard InChI is InChI=1S/C31H31N3O2/c1-2-36-25-18-16-23(17-19-25)30-29-15-8-20-33(29)28-14-6-4-10-24(28)21-34(30)31(35)32-27-13-7-11-22-9-3-5-12-26(22)27/h4,6-8,10-11,13-20,30H,2-3,5,9,12,21H2,1H3,(H,32,35). The molecule has 4 aromatic rings. The normalized spacial score (nSPS) is 16.4. The maximum Gasteiger partial charge on any atom is 0.322 e. The van der Waals surface area contributed by atoms with Gasteiger partial charge in [0.05, 0.1) is 24.9 Å². The Kier molecular flexibility index (Phi) is 5.98. The van der Waals surface area contributed by atoms with Crippen LogP contribution in [-0.4, -0.2) is 22.1 Å². The number of anilines is 1. The summed E-state index contributed by atoms with van der Waals surface area (Å²) in [6, 6.07) is 26.6. The fourth-order valence-electron chi connectivity index (χ4n) is 5.69. The van der Waals surface area contributed by atoms with Gasteiger partial charge in [-0.2, -0.15) is 0 Å². The van der Waals surface area contributed by atoms with Crippen LogP contribution in [0.2, 0.25) is 0 Å². The van der Waals surface area contributed by atoms with Crippen molar-refractivity contribution in [3.8, 4) is 11.4 Å². The third kappa shape index (κ3) is 4.05. The van der Waals surface area contributed by atoms with Crippen molar-refractivity contribution in [3.63, 3.8) is 0 Å². The Bertz CT molecular complexity index is 1390. The molecular weight excluding hydrogens is 446 g/mol. The molecule has 0 fully saturated rings. The number of urea groups is 1. The Morgan fingerprint density at radius 2 is 1.72 bits per heavy atom. The van der Waals surface area contributed by atoms with Crippen LogP contribution in [0, 0.1) is 0 Å². The third-order valence-corrected chi connectivity index (χ3v) is 7.37. The number of carbonyl (C=O) groups is 1. The molecule has 1 aliphatic carbocycles. The van der Waals surface area contributed by atoms with Gasteiger partial charge in [0.2, 0.25) is 0 Å². The van der Waals surface area contributed by atoms with Crippen LogP contribution in [0.1, 0.15) is 53.8 Å². The molecule has 1 unspecified atom stereocenters. The van der Waals surface area contributed by atoms with E-state index in [0.717, 1.165) is 46.8 Å². The number of aromatic nitrogens is 1. The number of fused-ring (bicyclic) bond motifs is 4. The van der Waals surface area contributed by atoms with E-state index < -0.39 is 0 Å². The van der Waals surface area contributed by atoms with Gasteiger partial charge < -0.3 is 19.5 Å². The van der Waals surface area contributed by atoms with Gasteiger partial charge in [-0.1, -0.05) is 42.5 Å². The first-order valence-corrected chi connectivity index (χ1v) is 12.9. The van der Waals surface area contributed by atoms with Crippen molar-refractivity contribution in [3.05, 3.63) is 113 Å². The lowest BCUT2D eigenvalue weighted by molar-refractivity contribution is 0.194. The predicted molar refractivity (Wildman–Crippen MR) is 143 cm³/mol. The van der Waals surface area contributed by atoms with Gasteiger partial charge in [-0.25, -0.2) is 4.79 Å². The molecule has 182 valence electrons. The van der Waals surface area contributed by atoms with Gasteiger partial charge in [0, 0.05) is 17.6 Å². The van der Waals surface area contributed by atoms with E-state index in [1.54, 1.807) is 0 Å². The second-order valence-electron chi connectivity index (χ2n) is 9.54. The van der Waals surface area contributed by atoms with Crippen molar-refractivity contribution in [1.29, 1.82) is 0 Å². The number of benzene rings is 3. The summed E-state index contributed by atoms with van der Waals surface area (Å²) in [6.07, 6.45) is 6.56. The minimum atomic E-state index is -0.248. The molecule has 1 N–H and O–H groups in total. The Morgan fingerprint density at radius 3 is 2.58 bits per heavy atom. The zero-order valence-corrected chi connectivity index (χ0v) is 20.6. The second kappa shape index (κ2) is 9.57. The number of rotatable bonds is 4. The first-order valence-electron chi connectivity index (χ1n) is 12.9. The summed E-state index contributed by atoms with van der Waals surface area (Å²) >= 11 is 0. The van der Waals surface area contributed by atoms with E-state index in [1.165, 1.54) is 24.0 Å². The van der Waals surface area contributed by atoms with E-state index in [4.69, 9.17) is 4.74 Å². The number of aryl methyl sites for hydroxylation is 1. The lowest BCUT2D eigenvalue weighted by Crippen LogP contribution is -2.38. The second-order valence-corrected chi connectivity index (χ2v) is 9.54. The first kappa shape index (κ1) is 22.5. The molecule has 0 saturated heterocycles. The summed E-state index contributed by atoms with van der Waals surface area (Å²) in [5.41, 5.74) is 7.93. The molecule has 2 aliphatic rings. The molecule has 0 bridgehead atoms. The van der Waals surface area contributed by atoms with Crippen LogP contribution in [-0.2, 0) is 19.4 Å². The summed E-state index contributed by atoms with van der Waals surface area (Å²) in [5.74, 6) is 0.834. The highest BCUT2D eigenvalue weighted by Crippen LogP contribution is 2.38. The molecule has 6 rings (SSSR count). The number of amides is 2. The minimum absolute atomic E-state index is 0.0858. The van der Waals surface area contributed by atoms with E-state index in [9.17, 15) is 4.79 Å². The molecule has 1 aliphatic heterocycles. The number of para-hydroxylation sites is 1. The highest BCUT2D eigenvalue weighted by Gasteiger charge is 2.33. The average Bonchev–Trinajstić information content (AvgIpc) is 3.34. The van der Waals surface area contributed by atoms with E-state index in [2.05, 4.69) is 70.7 Å². The van der Waals surface area contributed by atoms with E-state index in [0.29, 0.717) is 13.2 Å². The minimum Gasteiger partial charge on any atom is -0.494 e. The summed E-state index contributed by atoms with van der Waals surface area (Å²) in [5, 5.41) is 3.31. The summed E-state index contributed by atoms with van der Waals surface area (Å²) in [6.45, 7) is 3.12. The molecule has 3 aromatic carbocycles. The average molecular weight is 478 g/mol. The molecule has 1 aromatic heterocycles. The van der Waals surface area contributed by atoms with E-state index in [-0.39, 0.29) is 12.1 Å². The number of nitrogens with zero attached hydrogens (tertiary/aromatic N) is 2. The monoisotopic (exact) mass is 477 g/mol. The molecule has 36 heavy (non-hydrogen) atoms. The molecule has 1 atom stereocenters. The highest BCUT2D eigenvalue weighted by molar-refractivity contribution is 5.91. The van der Waals surface area contributed by atoms with Gasteiger partial charge in [-0.15, -0.1) is 0 Å². The maximum atomic E-state index is 14.1. The Hall–Kier alpha value is -3.99. The van der Waals surface area contributed by atoms with Crippen LogP contribution < -0.4 is 10.1 Å². The topological polar surface area (TPSA) is 46.5 Å². The summed E-state index contributed by atoms with van der Waals surface area (Å²) < 4.78 is 7.90. The van der Waals surface area contributed by atoms with Crippen LogP contribution in [0.3, 0.4) is 0 Å². The SMILES string of the molecule is CCOc1ccc(C2c3cccn3-c3ccccc3CN2C(=O)Nc2cccc3c2CCCC3)cc1. The molecule has 0 saturated carbocycles. The molecule has 0 radical (unpaired) electrons. The fourth-order valence-corrected chi connectivity index (χ4v) is 5.69. The van der Waals surface area contributed by atoms with Crippen LogP contribution in [0.25, 0.3) is 5.69 Å². The molecule has 5 nitrogen and oxygen atoms in total. The van der Waals surface area contributed by atoms with Crippen molar-refractivity contribution in [2.75, 3.05) is 11.9 Å². The predicted octanol–water partition coefficient (Wildman–Crippen LogP) is 6.89. The zero-order valence-electron chi connectivity index (χ0n) is 20.6. The van der Waals surface area contributed by atoms with Gasteiger partial charge in [0.1, 0.15) is 5.75 Å². The van der Waals surface area contributed by atoms with Crippen molar-refractivity contribution in [1.82, 2.24) is 9.47 Å². The number of ether oxygens (including phenoxy) is 1. The lowest BCUT2D eigenvalue weighted by atomic mass is 9.90. The number of carbonyl (C=O) groups excluding carboxylic acids is 1. The van der Waals surface area contributed by atoms with E-state index in [1.807, 2.05) is 36.1 Å². The van der Waals surface area contributed by atoms with Crippen LogP contribution in [0.4, 0.5) is 10.5 Å². The maximum absolute atomic E-state index is 14.1. The molecule has 5 heteroatoms. The van der Waals surface area contributed by atoms with Gasteiger partial charge in [0.25, 0.3) is 0 Å². The lowest BCUT2D eigenvalue weighted by Gasteiger charge is -2.31. The Labute approximate surface area is 212 Å². The Morgan fingerprint density at radius 1 is 0.917 bits per heavy atom. The molecule has 2 amide bonds. The molecular formula is C31H31N3O2.